The molecule has 3 rings (SSSR count). The summed E-state index contributed by atoms with van der Waals surface area (Å²) in [5, 5.41) is 7.49. The summed E-state index contributed by atoms with van der Waals surface area (Å²) in [7, 11) is 1.62. The number of carbonyl (C=O) groups excluding carboxylic acids is 1. The van der Waals surface area contributed by atoms with Gasteiger partial charge < -0.3 is 4.74 Å². The number of nitrogens with one attached hydrogen (secondary N) is 1. The summed E-state index contributed by atoms with van der Waals surface area (Å²) in [5.74, 6) is 0.513. The van der Waals surface area contributed by atoms with Gasteiger partial charge in [-0.1, -0.05) is 11.3 Å². The molecule has 3 aromatic rings. The number of aromatic nitrogens is 3. The number of rotatable bonds is 4. The largest absolute Gasteiger partial charge is 0.497 e. The zero-order valence-electron chi connectivity index (χ0n) is 11.7. The number of amides is 1. The van der Waals surface area contributed by atoms with Crippen LogP contribution in [0, 0.1) is 0 Å². The van der Waals surface area contributed by atoms with Crippen LogP contribution in [0.4, 0.5) is 5.13 Å². The number of methoxy groups -OCH3 is 1. The van der Waals surface area contributed by atoms with Gasteiger partial charge in [0.15, 0.2) is 10.8 Å². The van der Waals surface area contributed by atoms with E-state index in [-0.39, 0.29) is 5.91 Å². The first-order valence-corrected chi connectivity index (χ1v) is 7.30. The van der Waals surface area contributed by atoms with E-state index < -0.39 is 0 Å². The summed E-state index contributed by atoms with van der Waals surface area (Å²) in [6.45, 7) is 2.70. The van der Waals surface area contributed by atoms with Gasteiger partial charge in [-0.2, -0.15) is 5.10 Å². The molecule has 2 heterocycles. The summed E-state index contributed by atoms with van der Waals surface area (Å²) in [4.78, 5) is 16.5. The Balaban J connectivity index is 1.82. The number of benzene rings is 1. The Labute approximate surface area is 125 Å². The second-order valence-electron chi connectivity index (χ2n) is 4.36. The molecule has 0 aliphatic carbocycles. The highest BCUT2D eigenvalue weighted by molar-refractivity contribution is 7.22. The molecule has 6 nitrogen and oxygen atoms in total. The number of hydrogen-bond donors (Lipinski definition) is 1. The lowest BCUT2D eigenvalue weighted by Crippen LogP contribution is -2.13. The third kappa shape index (κ3) is 2.73. The monoisotopic (exact) mass is 302 g/mol. The van der Waals surface area contributed by atoms with Crippen LogP contribution in [0.1, 0.15) is 17.4 Å². The van der Waals surface area contributed by atoms with Gasteiger partial charge >= 0.3 is 0 Å². The van der Waals surface area contributed by atoms with Gasteiger partial charge in [-0.15, -0.1) is 0 Å². The second kappa shape index (κ2) is 5.53. The topological polar surface area (TPSA) is 69.0 Å². The van der Waals surface area contributed by atoms with Crippen molar-refractivity contribution in [3.63, 3.8) is 0 Å². The number of aryl methyl sites for hydroxylation is 1. The van der Waals surface area contributed by atoms with Crippen LogP contribution in [0.2, 0.25) is 0 Å². The minimum Gasteiger partial charge on any atom is -0.497 e. The van der Waals surface area contributed by atoms with E-state index in [2.05, 4.69) is 15.4 Å². The minimum absolute atomic E-state index is 0.256. The fourth-order valence-corrected chi connectivity index (χ4v) is 2.79. The van der Waals surface area contributed by atoms with Crippen molar-refractivity contribution in [2.45, 2.75) is 13.5 Å². The Hall–Kier alpha value is -2.41. The van der Waals surface area contributed by atoms with Crippen molar-refractivity contribution < 1.29 is 9.53 Å². The quantitative estimate of drug-likeness (QED) is 0.804. The summed E-state index contributed by atoms with van der Waals surface area (Å²) < 4.78 is 7.84. The van der Waals surface area contributed by atoms with Gasteiger partial charge in [0.1, 0.15) is 5.75 Å². The molecule has 1 aromatic carbocycles. The first kappa shape index (κ1) is 13.6. The van der Waals surface area contributed by atoms with Crippen LogP contribution in [-0.2, 0) is 6.54 Å². The summed E-state index contributed by atoms with van der Waals surface area (Å²) >= 11 is 1.40. The lowest BCUT2D eigenvalue weighted by Gasteiger charge is -1.97. The van der Waals surface area contributed by atoms with Crippen molar-refractivity contribution in [2.75, 3.05) is 12.4 Å². The zero-order chi connectivity index (χ0) is 14.8. The smallest absolute Gasteiger partial charge is 0.277 e. The van der Waals surface area contributed by atoms with Crippen molar-refractivity contribution in [1.82, 2.24) is 14.8 Å². The summed E-state index contributed by atoms with van der Waals surface area (Å²) in [6, 6.07) is 7.30. The average molecular weight is 302 g/mol. The lowest BCUT2D eigenvalue weighted by atomic mass is 10.3. The van der Waals surface area contributed by atoms with Crippen LogP contribution in [0.5, 0.6) is 5.75 Å². The lowest BCUT2D eigenvalue weighted by molar-refractivity contribution is 0.102. The molecule has 0 aliphatic heterocycles. The van der Waals surface area contributed by atoms with Crippen LogP contribution >= 0.6 is 11.3 Å². The molecule has 1 amide bonds. The highest BCUT2D eigenvalue weighted by Gasteiger charge is 2.12. The van der Waals surface area contributed by atoms with Crippen molar-refractivity contribution in [3.05, 3.63) is 36.2 Å². The number of thiazole rings is 1. The highest BCUT2D eigenvalue weighted by Crippen LogP contribution is 2.29. The maximum atomic E-state index is 12.1. The van der Waals surface area contributed by atoms with Crippen molar-refractivity contribution in [2.24, 2.45) is 0 Å². The van der Waals surface area contributed by atoms with Gasteiger partial charge in [0.25, 0.3) is 5.91 Å². The summed E-state index contributed by atoms with van der Waals surface area (Å²) in [6.07, 6.45) is 1.78. The number of ether oxygens (including phenoxy) is 1. The molecule has 0 saturated carbocycles. The first-order chi connectivity index (χ1) is 10.2. The van der Waals surface area contributed by atoms with Gasteiger partial charge in [-0.3, -0.25) is 14.8 Å². The van der Waals surface area contributed by atoms with Crippen LogP contribution in [0.15, 0.2) is 30.5 Å². The maximum absolute atomic E-state index is 12.1. The predicted octanol–water partition coefficient (Wildman–Crippen LogP) is 2.77. The van der Waals surface area contributed by atoms with Crippen LogP contribution in [-0.4, -0.2) is 27.8 Å². The van der Waals surface area contributed by atoms with Crippen LogP contribution in [0.3, 0.4) is 0 Å². The third-order valence-electron chi connectivity index (χ3n) is 3.01. The fourth-order valence-electron chi connectivity index (χ4n) is 1.91. The van der Waals surface area contributed by atoms with E-state index in [1.165, 1.54) is 11.3 Å². The van der Waals surface area contributed by atoms with Crippen molar-refractivity contribution in [1.29, 1.82) is 0 Å². The molecule has 0 atom stereocenters. The average Bonchev–Trinajstić information content (AvgIpc) is 3.12. The van der Waals surface area contributed by atoms with E-state index in [1.807, 2.05) is 25.1 Å². The molecule has 21 heavy (non-hydrogen) atoms. The molecule has 0 spiro atoms. The number of anilines is 1. The molecule has 0 fully saturated rings. The standard InChI is InChI=1S/C14H14N4O2S/c1-3-18-7-6-11(17-18)13(19)16-14-15-10-5-4-9(20-2)8-12(10)21-14/h4-8H,3H2,1-2H3,(H,15,16,19). The van der Waals surface area contributed by atoms with Crippen molar-refractivity contribution in [3.8, 4) is 5.75 Å². The predicted molar refractivity (Wildman–Crippen MR) is 82.0 cm³/mol. The normalized spacial score (nSPS) is 10.8. The SMILES string of the molecule is CCn1ccc(C(=O)Nc2nc3ccc(OC)cc3s2)n1. The molecule has 1 N–H and O–H groups in total. The van der Waals surface area contributed by atoms with Gasteiger partial charge in [0, 0.05) is 12.7 Å². The van der Waals surface area contributed by atoms with E-state index in [4.69, 9.17) is 4.74 Å². The number of fused-ring (bicyclic) bond motifs is 1. The second-order valence-corrected chi connectivity index (χ2v) is 5.39. The van der Waals surface area contributed by atoms with Crippen LogP contribution in [0.25, 0.3) is 10.2 Å². The molecular formula is C14H14N4O2S. The van der Waals surface area contributed by atoms with Gasteiger partial charge in [0.2, 0.25) is 0 Å². The number of carbonyl (C=O) groups is 1. The summed E-state index contributed by atoms with van der Waals surface area (Å²) in [5.41, 5.74) is 1.21. The first-order valence-electron chi connectivity index (χ1n) is 6.49. The Morgan fingerprint density at radius 2 is 2.29 bits per heavy atom. The van der Waals surface area contributed by atoms with Crippen molar-refractivity contribution >= 4 is 32.6 Å². The molecule has 0 aliphatic rings. The zero-order valence-corrected chi connectivity index (χ0v) is 12.5. The Morgan fingerprint density at radius 1 is 1.43 bits per heavy atom. The van der Waals surface area contributed by atoms with Crippen LogP contribution < -0.4 is 10.1 Å². The van der Waals surface area contributed by atoms with E-state index in [0.717, 1.165) is 22.5 Å². The van der Waals surface area contributed by atoms with E-state index in [1.54, 1.807) is 24.1 Å². The van der Waals surface area contributed by atoms with E-state index in [9.17, 15) is 4.79 Å². The highest BCUT2D eigenvalue weighted by atomic mass is 32.1. The Kier molecular flexibility index (Phi) is 3.57. The molecule has 7 heteroatoms. The number of nitrogens with zero attached hydrogens (tertiary/aromatic N) is 3. The molecule has 2 aromatic heterocycles. The van der Waals surface area contributed by atoms with Gasteiger partial charge in [-0.05, 0) is 31.2 Å². The molecule has 0 saturated heterocycles. The fraction of sp³-hybridized carbons (Fsp3) is 0.214. The molecule has 0 radical (unpaired) electrons. The Bertz CT molecular complexity index is 793. The van der Waals surface area contributed by atoms with Gasteiger partial charge in [-0.25, -0.2) is 4.98 Å². The molecule has 0 bridgehead atoms. The van der Waals surface area contributed by atoms with Gasteiger partial charge in [0.05, 0.1) is 17.3 Å². The Morgan fingerprint density at radius 3 is 3.00 bits per heavy atom. The maximum Gasteiger partial charge on any atom is 0.277 e. The molecule has 0 unspecified atom stereocenters. The third-order valence-corrected chi connectivity index (χ3v) is 3.95. The van der Waals surface area contributed by atoms with E-state index in [0.29, 0.717) is 10.8 Å². The molecular weight excluding hydrogens is 288 g/mol. The molecule has 108 valence electrons. The minimum atomic E-state index is -0.256. The number of hydrogen-bond acceptors (Lipinski definition) is 5. The van der Waals surface area contributed by atoms with E-state index >= 15 is 0 Å².